The van der Waals surface area contributed by atoms with Crippen molar-refractivity contribution in [2.75, 3.05) is 12.4 Å². The third-order valence-electron chi connectivity index (χ3n) is 2.51. The van der Waals surface area contributed by atoms with Gasteiger partial charge in [0.15, 0.2) is 0 Å². The molecule has 1 heterocycles. The number of hydrogen-bond donors (Lipinski definition) is 1. The van der Waals surface area contributed by atoms with Crippen LogP contribution in [-0.2, 0) is 9.53 Å². The van der Waals surface area contributed by atoms with Crippen LogP contribution in [0.2, 0.25) is 0 Å². The number of ether oxygens (including phenoxy) is 1. The van der Waals surface area contributed by atoms with E-state index >= 15 is 0 Å². The number of carbonyl (C=O) groups excluding carboxylic acids is 1. The van der Waals surface area contributed by atoms with Crippen molar-refractivity contribution < 1.29 is 9.53 Å². The predicted octanol–water partition coefficient (Wildman–Crippen LogP) is 2.37. The molecule has 18 heavy (non-hydrogen) atoms. The minimum atomic E-state index is -0.430. The van der Waals surface area contributed by atoms with Crippen LogP contribution >= 0.6 is 15.9 Å². The summed E-state index contributed by atoms with van der Waals surface area (Å²) in [6, 6.07) is 3.26. The molecule has 94 valence electrons. The first-order valence-electron chi connectivity index (χ1n) is 5.37. The topological polar surface area (TPSA) is 64.1 Å². The summed E-state index contributed by atoms with van der Waals surface area (Å²) in [7, 11) is 1.36. The highest BCUT2D eigenvalue weighted by Crippen LogP contribution is 2.29. The van der Waals surface area contributed by atoms with Crippen LogP contribution in [0.1, 0.15) is 6.92 Å². The van der Waals surface area contributed by atoms with Gasteiger partial charge in [0.1, 0.15) is 11.6 Å². The number of methoxy groups -OCH3 is 1. The molecule has 1 N–H and O–H groups in total. The molecule has 1 unspecified atom stereocenters. The molecule has 1 atom stereocenters. The summed E-state index contributed by atoms with van der Waals surface area (Å²) in [6.45, 7) is 1.74. The lowest BCUT2D eigenvalue weighted by atomic mass is 10.2. The first-order chi connectivity index (χ1) is 8.63. The summed E-state index contributed by atoms with van der Waals surface area (Å²) >= 11 is 3.46. The maximum absolute atomic E-state index is 11.4. The number of nitrogens with zero attached hydrogens (tertiary/aromatic N) is 2. The number of hydrogen-bond acceptors (Lipinski definition) is 5. The Morgan fingerprint density at radius 1 is 1.39 bits per heavy atom. The largest absolute Gasteiger partial charge is 0.467 e. The number of fused-ring (bicyclic) bond motifs is 1. The summed E-state index contributed by atoms with van der Waals surface area (Å²) in [6.07, 6.45) is 3.26. The summed E-state index contributed by atoms with van der Waals surface area (Å²) in [4.78, 5) is 19.8. The summed E-state index contributed by atoms with van der Waals surface area (Å²) < 4.78 is 5.45. The van der Waals surface area contributed by atoms with Gasteiger partial charge in [0.2, 0.25) is 0 Å². The Morgan fingerprint density at radius 3 is 2.83 bits per heavy atom. The lowest BCUT2D eigenvalue weighted by Gasteiger charge is -2.14. The maximum atomic E-state index is 11.4. The third kappa shape index (κ3) is 2.43. The molecule has 0 fully saturated rings. The molecule has 0 bridgehead atoms. The fourth-order valence-corrected chi connectivity index (χ4v) is 2.14. The number of carbonyl (C=O) groups is 1. The van der Waals surface area contributed by atoms with Gasteiger partial charge in [-0.05, 0) is 35.0 Å². The molecule has 0 aliphatic rings. The molecule has 0 spiro atoms. The van der Waals surface area contributed by atoms with Gasteiger partial charge >= 0.3 is 5.97 Å². The molecular weight excluding hydrogens is 298 g/mol. The summed E-state index contributed by atoms with van der Waals surface area (Å²) in [5.74, 6) is -0.318. The third-order valence-corrected chi connectivity index (χ3v) is 3.31. The Kier molecular flexibility index (Phi) is 3.76. The van der Waals surface area contributed by atoms with Crippen molar-refractivity contribution in [3.8, 4) is 0 Å². The Labute approximate surface area is 113 Å². The quantitative estimate of drug-likeness (QED) is 0.882. The van der Waals surface area contributed by atoms with Crippen LogP contribution in [-0.4, -0.2) is 29.1 Å². The van der Waals surface area contributed by atoms with Crippen molar-refractivity contribution in [1.29, 1.82) is 0 Å². The lowest BCUT2D eigenvalue weighted by molar-refractivity contribution is -0.141. The van der Waals surface area contributed by atoms with Gasteiger partial charge < -0.3 is 10.1 Å². The molecule has 0 aliphatic carbocycles. The zero-order valence-corrected chi connectivity index (χ0v) is 11.6. The first-order valence-corrected chi connectivity index (χ1v) is 6.16. The number of nitrogens with one attached hydrogen (secondary N) is 1. The van der Waals surface area contributed by atoms with Crippen molar-refractivity contribution in [3.05, 3.63) is 29.0 Å². The average molecular weight is 310 g/mol. The van der Waals surface area contributed by atoms with Gasteiger partial charge in [0, 0.05) is 12.4 Å². The molecule has 0 radical (unpaired) electrons. The molecule has 2 rings (SSSR count). The standard InChI is InChI=1S/C12H12BrN3O2/c1-7(12(17)18-2)16-8-3-4-9-11(10(8)13)15-6-5-14-9/h3-7,16H,1-2H3. The monoisotopic (exact) mass is 309 g/mol. The average Bonchev–Trinajstić information content (AvgIpc) is 2.41. The molecule has 0 saturated carbocycles. The second kappa shape index (κ2) is 5.30. The molecular formula is C12H12BrN3O2. The van der Waals surface area contributed by atoms with Gasteiger partial charge in [-0.3, -0.25) is 9.97 Å². The van der Waals surface area contributed by atoms with Crippen LogP contribution in [0.15, 0.2) is 29.0 Å². The van der Waals surface area contributed by atoms with Crippen LogP contribution < -0.4 is 5.32 Å². The van der Waals surface area contributed by atoms with Gasteiger partial charge in [-0.25, -0.2) is 4.79 Å². The van der Waals surface area contributed by atoms with Crippen LogP contribution in [0, 0.1) is 0 Å². The zero-order valence-electron chi connectivity index (χ0n) is 9.98. The van der Waals surface area contributed by atoms with E-state index < -0.39 is 6.04 Å². The van der Waals surface area contributed by atoms with E-state index in [1.54, 1.807) is 19.3 Å². The minimum absolute atomic E-state index is 0.318. The molecule has 1 aromatic heterocycles. The SMILES string of the molecule is COC(=O)C(C)Nc1ccc2nccnc2c1Br. The molecule has 0 aliphatic heterocycles. The second-order valence-corrected chi connectivity index (χ2v) is 4.53. The van der Waals surface area contributed by atoms with E-state index in [1.807, 2.05) is 12.1 Å². The zero-order chi connectivity index (χ0) is 13.1. The second-order valence-electron chi connectivity index (χ2n) is 3.74. The fourth-order valence-electron chi connectivity index (χ4n) is 1.58. The fraction of sp³-hybridized carbons (Fsp3) is 0.250. The van der Waals surface area contributed by atoms with Crippen molar-refractivity contribution >= 4 is 38.6 Å². The first kappa shape index (κ1) is 12.8. The minimum Gasteiger partial charge on any atom is -0.467 e. The van der Waals surface area contributed by atoms with Gasteiger partial charge in [-0.15, -0.1) is 0 Å². The van der Waals surface area contributed by atoms with Crippen molar-refractivity contribution in [2.45, 2.75) is 13.0 Å². The number of rotatable bonds is 3. The normalized spacial score (nSPS) is 12.2. The Hall–Kier alpha value is -1.69. The van der Waals surface area contributed by atoms with Crippen molar-refractivity contribution in [3.63, 3.8) is 0 Å². The van der Waals surface area contributed by atoms with Crippen LogP contribution in [0.25, 0.3) is 11.0 Å². The molecule has 6 heteroatoms. The highest BCUT2D eigenvalue weighted by molar-refractivity contribution is 9.10. The Balaban J connectivity index is 2.35. The number of anilines is 1. The number of benzene rings is 1. The van der Waals surface area contributed by atoms with E-state index in [2.05, 4.69) is 36.0 Å². The van der Waals surface area contributed by atoms with E-state index in [0.29, 0.717) is 0 Å². The van der Waals surface area contributed by atoms with E-state index in [9.17, 15) is 4.79 Å². The van der Waals surface area contributed by atoms with Crippen LogP contribution in [0.5, 0.6) is 0 Å². The van der Waals surface area contributed by atoms with Gasteiger partial charge in [-0.1, -0.05) is 0 Å². The van der Waals surface area contributed by atoms with E-state index in [4.69, 9.17) is 0 Å². The van der Waals surface area contributed by atoms with E-state index in [0.717, 1.165) is 21.2 Å². The van der Waals surface area contributed by atoms with E-state index in [-0.39, 0.29) is 5.97 Å². The Morgan fingerprint density at radius 2 is 2.11 bits per heavy atom. The molecule has 5 nitrogen and oxygen atoms in total. The maximum Gasteiger partial charge on any atom is 0.327 e. The highest BCUT2D eigenvalue weighted by Gasteiger charge is 2.15. The molecule has 0 saturated heterocycles. The van der Waals surface area contributed by atoms with Crippen molar-refractivity contribution in [1.82, 2.24) is 9.97 Å². The van der Waals surface area contributed by atoms with Crippen molar-refractivity contribution in [2.24, 2.45) is 0 Å². The van der Waals surface area contributed by atoms with E-state index in [1.165, 1.54) is 7.11 Å². The molecule has 1 aromatic carbocycles. The lowest BCUT2D eigenvalue weighted by Crippen LogP contribution is -2.27. The predicted molar refractivity (Wildman–Crippen MR) is 72.3 cm³/mol. The highest BCUT2D eigenvalue weighted by atomic mass is 79.9. The smallest absolute Gasteiger partial charge is 0.327 e. The van der Waals surface area contributed by atoms with Gasteiger partial charge in [-0.2, -0.15) is 0 Å². The number of halogens is 1. The number of aromatic nitrogens is 2. The number of esters is 1. The van der Waals surface area contributed by atoms with Crippen LogP contribution in [0.4, 0.5) is 5.69 Å². The summed E-state index contributed by atoms with van der Waals surface area (Å²) in [5, 5.41) is 3.06. The Bertz CT molecular complexity index is 589. The van der Waals surface area contributed by atoms with Gasteiger partial charge in [0.05, 0.1) is 22.8 Å². The summed E-state index contributed by atoms with van der Waals surface area (Å²) in [5.41, 5.74) is 2.32. The van der Waals surface area contributed by atoms with Gasteiger partial charge in [0.25, 0.3) is 0 Å². The molecule has 0 amide bonds. The molecule has 2 aromatic rings. The van der Waals surface area contributed by atoms with Crippen LogP contribution in [0.3, 0.4) is 0 Å².